The van der Waals surface area contributed by atoms with Crippen LogP contribution >= 0.6 is 0 Å². The molecule has 29 heavy (non-hydrogen) atoms. The first-order valence-electron chi connectivity index (χ1n) is 7.43. The topological polar surface area (TPSA) is 32.3 Å². The predicted molar refractivity (Wildman–Crippen MR) is 71.6 cm³/mol. The third-order valence-corrected chi connectivity index (χ3v) is 3.55. The highest BCUT2D eigenvalue weighted by Crippen LogP contribution is 2.60. The number of hydrogen-bond acceptors (Lipinski definition) is 2. The summed E-state index contributed by atoms with van der Waals surface area (Å²) in [4.78, 5) is 12.7. The van der Waals surface area contributed by atoms with Gasteiger partial charge in [0.1, 0.15) is 0 Å². The van der Waals surface area contributed by atoms with E-state index < -0.39 is 54.5 Å². The number of nitrogens with one attached hydrogen (secondary N) is 1. The van der Waals surface area contributed by atoms with E-state index in [4.69, 9.17) is 0 Å². The van der Waals surface area contributed by atoms with Crippen LogP contribution in [0.1, 0.15) is 12.8 Å². The monoisotopic (exact) mass is 462 g/mol. The number of alkyl halides is 13. The van der Waals surface area contributed by atoms with E-state index in [-0.39, 0.29) is 13.1 Å². The number of amides is 1. The van der Waals surface area contributed by atoms with Gasteiger partial charge in [0.25, 0.3) is 0 Å². The third-order valence-electron chi connectivity index (χ3n) is 3.55. The third kappa shape index (κ3) is 5.17. The van der Waals surface area contributed by atoms with E-state index in [1.807, 2.05) is 5.32 Å². The standard InChI is InChI=1S/C13H15F13N2O/c1-28(2)6-5-27-7(29)3-4-8(14,15)9(16,17)10(18,19)11(20,21)12(22,23)13(24,25)26/h3-6H2,1-2H3,(H,27,29). The zero-order chi connectivity index (χ0) is 23.7. The Morgan fingerprint density at radius 3 is 1.52 bits per heavy atom. The molecule has 0 aromatic rings. The fraction of sp³-hybridized carbons (Fsp3) is 0.923. The first kappa shape index (κ1) is 27.5. The number of halogens is 13. The van der Waals surface area contributed by atoms with Gasteiger partial charge in [-0.05, 0) is 14.1 Å². The molecule has 0 radical (unpaired) electrons. The van der Waals surface area contributed by atoms with Crippen LogP contribution in [0.3, 0.4) is 0 Å². The smallest absolute Gasteiger partial charge is 0.355 e. The molecule has 0 atom stereocenters. The largest absolute Gasteiger partial charge is 0.460 e. The van der Waals surface area contributed by atoms with Gasteiger partial charge in [-0.1, -0.05) is 0 Å². The van der Waals surface area contributed by atoms with Crippen molar-refractivity contribution in [3.63, 3.8) is 0 Å². The fourth-order valence-corrected chi connectivity index (χ4v) is 1.74. The van der Waals surface area contributed by atoms with E-state index in [1.54, 1.807) is 0 Å². The van der Waals surface area contributed by atoms with Gasteiger partial charge in [-0.2, -0.15) is 57.1 Å². The molecular weight excluding hydrogens is 447 g/mol. The molecule has 0 spiro atoms. The number of nitrogens with zero attached hydrogens (tertiary/aromatic N) is 1. The molecule has 16 heteroatoms. The minimum absolute atomic E-state index is 0.134. The van der Waals surface area contributed by atoms with Gasteiger partial charge in [0.2, 0.25) is 5.91 Å². The Bertz CT molecular complexity index is 572. The molecule has 0 aliphatic rings. The summed E-state index contributed by atoms with van der Waals surface area (Å²) in [6.07, 6.45) is -11.6. The molecule has 0 rings (SSSR count). The number of hydrogen-bond donors (Lipinski definition) is 1. The first-order valence-corrected chi connectivity index (χ1v) is 7.43. The zero-order valence-electron chi connectivity index (χ0n) is 14.6. The van der Waals surface area contributed by atoms with E-state index in [0.717, 1.165) is 0 Å². The van der Waals surface area contributed by atoms with Crippen molar-refractivity contribution in [1.29, 1.82) is 0 Å². The van der Waals surface area contributed by atoms with Gasteiger partial charge in [0.05, 0.1) is 0 Å². The Balaban J connectivity index is 5.57. The van der Waals surface area contributed by atoms with Crippen LogP contribution in [0.2, 0.25) is 0 Å². The summed E-state index contributed by atoms with van der Waals surface area (Å²) >= 11 is 0. The molecule has 0 aliphatic carbocycles. The van der Waals surface area contributed by atoms with Gasteiger partial charge >= 0.3 is 35.8 Å². The summed E-state index contributed by atoms with van der Waals surface area (Å²) < 4.78 is 167. The van der Waals surface area contributed by atoms with E-state index in [2.05, 4.69) is 0 Å². The van der Waals surface area contributed by atoms with E-state index in [0.29, 0.717) is 0 Å². The van der Waals surface area contributed by atoms with Crippen LogP contribution in [0.4, 0.5) is 57.1 Å². The van der Waals surface area contributed by atoms with Crippen molar-refractivity contribution >= 4 is 5.91 Å². The first-order chi connectivity index (χ1) is 12.6. The quantitative estimate of drug-likeness (QED) is 0.495. The second-order valence-electron chi connectivity index (χ2n) is 6.15. The lowest BCUT2D eigenvalue weighted by Gasteiger charge is -2.39. The molecule has 0 aromatic heterocycles. The molecule has 0 fully saturated rings. The zero-order valence-corrected chi connectivity index (χ0v) is 14.6. The van der Waals surface area contributed by atoms with Crippen LogP contribution in [0.15, 0.2) is 0 Å². The van der Waals surface area contributed by atoms with Crippen molar-refractivity contribution < 1.29 is 61.9 Å². The highest BCUT2D eigenvalue weighted by atomic mass is 19.4. The van der Waals surface area contributed by atoms with Crippen molar-refractivity contribution in [2.24, 2.45) is 0 Å². The van der Waals surface area contributed by atoms with Gasteiger partial charge in [0.15, 0.2) is 0 Å². The summed E-state index contributed by atoms with van der Waals surface area (Å²) in [5.41, 5.74) is 0. The van der Waals surface area contributed by atoms with E-state index in [9.17, 15) is 61.9 Å². The van der Waals surface area contributed by atoms with Crippen molar-refractivity contribution in [2.75, 3.05) is 27.2 Å². The number of rotatable bonds is 10. The molecule has 0 bridgehead atoms. The summed E-state index contributed by atoms with van der Waals surface area (Å²) in [5, 5.41) is 1.89. The van der Waals surface area contributed by atoms with Gasteiger partial charge in [-0.25, -0.2) is 0 Å². The Kier molecular flexibility index (Phi) is 7.91. The van der Waals surface area contributed by atoms with Crippen LogP contribution in [-0.2, 0) is 4.79 Å². The lowest BCUT2D eigenvalue weighted by molar-refractivity contribution is -0.440. The lowest BCUT2D eigenvalue weighted by atomic mass is 9.92. The minimum atomic E-state index is -7.93. The highest BCUT2D eigenvalue weighted by molar-refractivity contribution is 5.75. The summed E-state index contributed by atoms with van der Waals surface area (Å²) in [6, 6.07) is 0. The van der Waals surface area contributed by atoms with Gasteiger partial charge in [-0.15, -0.1) is 0 Å². The summed E-state index contributed by atoms with van der Waals surface area (Å²) in [6.45, 7) is -0.0745. The second kappa shape index (κ2) is 8.34. The molecule has 0 unspecified atom stereocenters. The maximum Gasteiger partial charge on any atom is 0.460 e. The maximum absolute atomic E-state index is 13.4. The average Bonchev–Trinajstić information content (AvgIpc) is 2.50. The minimum Gasteiger partial charge on any atom is -0.355 e. The molecule has 0 aromatic carbocycles. The molecule has 1 amide bonds. The SMILES string of the molecule is CN(C)CCNC(=O)CCC(F)(F)C(F)(F)C(F)(F)C(F)(F)C(F)(F)C(F)(F)F. The molecule has 174 valence electrons. The Morgan fingerprint density at radius 2 is 1.14 bits per heavy atom. The summed E-state index contributed by atoms with van der Waals surface area (Å²) in [7, 11) is 3.03. The van der Waals surface area contributed by atoms with Gasteiger partial charge in [0, 0.05) is 25.9 Å². The lowest BCUT2D eigenvalue weighted by Crippen LogP contribution is -2.70. The molecule has 0 saturated carbocycles. The normalized spacial score (nSPS) is 15.0. The average molecular weight is 462 g/mol. The van der Waals surface area contributed by atoms with Gasteiger partial charge in [-0.3, -0.25) is 4.79 Å². The molecule has 0 heterocycles. The number of carbonyl (C=O) groups is 1. The maximum atomic E-state index is 13.4. The van der Waals surface area contributed by atoms with Crippen LogP contribution in [-0.4, -0.2) is 73.8 Å². The molecular formula is C13H15F13N2O. The number of likely N-dealkylation sites (N-methyl/N-ethyl adjacent to an activating group) is 1. The number of carbonyl (C=O) groups excluding carboxylic acids is 1. The Morgan fingerprint density at radius 1 is 0.724 bits per heavy atom. The highest BCUT2D eigenvalue weighted by Gasteiger charge is 2.90. The molecule has 1 N–H and O–H groups in total. The second-order valence-corrected chi connectivity index (χ2v) is 6.15. The van der Waals surface area contributed by atoms with Crippen LogP contribution in [0, 0.1) is 0 Å². The van der Waals surface area contributed by atoms with Crippen LogP contribution in [0.25, 0.3) is 0 Å². The van der Waals surface area contributed by atoms with Crippen LogP contribution < -0.4 is 5.32 Å². The molecule has 0 saturated heterocycles. The molecule has 3 nitrogen and oxygen atoms in total. The Hall–Kier alpha value is -1.48. The fourth-order valence-electron chi connectivity index (χ4n) is 1.74. The van der Waals surface area contributed by atoms with E-state index in [1.165, 1.54) is 19.0 Å². The predicted octanol–water partition coefficient (Wildman–Crippen LogP) is 4.18. The summed E-state index contributed by atoms with van der Waals surface area (Å²) in [5.74, 6) is -38.5. The van der Waals surface area contributed by atoms with Crippen LogP contribution in [0.5, 0.6) is 0 Å². The van der Waals surface area contributed by atoms with Gasteiger partial charge < -0.3 is 10.2 Å². The van der Waals surface area contributed by atoms with Crippen molar-refractivity contribution in [1.82, 2.24) is 10.2 Å². The molecule has 0 aliphatic heterocycles. The Labute approximate surface area is 155 Å². The van der Waals surface area contributed by atoms with Crippen molar-refractivity contribution in [3.05, 3.63) is 0 Å². The van der Waals surface area contributed by atoms with E-state index >= 15 is 0 Å². The van der Waals surface area contributed by atoms with Crippen molar-refractivity contribution in [3.8, 4) is 0 Å². The van der Waals surface area contributed by atoms with Crippen molar-refractivity contribution in [2.45, 2.75) is 48.6 Å².